The molecule has 1 aromatic carbocycles. The number of benzene rings is 1. The Labute approximate surface area is 118 Å². The van der Waals surface area contributed by atoms with Gasteiger partial charge in [-0.1, -0.05) is 52.0 Å². The summed E-state index contributed by atoms with van der Waals surface area (Å²) >= 11 is 0. The zero-order valence-electron chi connectivity index (χ0n) is 12.9. The summed E-state index contributed by atoms with van der Waals surface area (Å²) in [5.74, 6) is 0. The van der Waals surface area contributed by atoms with E-state index >= 15 is 0 Å². The van der Waals surface area contributed by atoms with Crippen molar-refractivity contribution in [1.29, 1.82) is 0 Å². The van der Waals surface area contributed by atoms with Gasteiger partial charge in [0.15, 0.2) is 0 Å². The summed E-state index contributed by atoms with van der Waals surface area (Å²) in [7, 11) is 0. The van der Waals surface area contributed by atoms with Crippen LogP contribution in [0.5, 0.6) is 0 Å². The number of hydrogen-bond donors (Lipinski definition) is 1. The molecule has 1 aliphatic rings. The lowest BCUT2D eigenvalue weighted by molar-refractivity contribution is 0.283. The summed E-state index contributed by atoms with van der Waals surface area (Å²) in [6.45, 7) is 13.7. The molecule has 19 heavy (non-hydrogen) atoms. The number of hydrogen-bond acceptors (Lipinski definition) is 2. The van der Waals surface area contributed by atoms with Gasteiger partial charge in [0, 0.05) is 25.7 Å². The van der Waals surface area contributed by atoms with Crippen molar-refractivity contribution in [2.45, 2.75) is 53.2 Å². The van der Waals surface area contributed by atoms with Crippen LogP contribution in [0.15, 0.2) is 24.3 Å². The Kier molecular flexibility index (Phi) is 4.64. The van der Waals surface area contributed by atoms with Crippen molar-refractivity contribution in [2.24, 2.45) is 5.41 Å². The van der Waals surface area contributed by atoms with E-state index in [9.17, 15) is 0 Å². The summed E-state index contributed by atoms with van der Waals surface area (Å²) in [4.78, 5) is 2.59. The lowest BCUT2D eigenvalue weighted by Crippen LogP contribution is -2.25. The van der Waals surface area contributed by atoms with Gasteiger partial charge < -0.3 is 5.32 Å². The molecule has 0 amide bonds. The summed E-state index contributed by atoms with van der Waals surface area (Å²) in [5, 5.41) is 3.52. The molecule has 1 fully saturated rings. The highest BCUT2D eigenvalue weighted by Gasteiger charge is 2.29. The molecule has 1 saturated heterocycles. The Hall–Kier alpha value is -0.860. The third kappa shape index (κ3) is 4.32. The molecule has 106 valence electrons. The monoisotopic (exact) mass is 260 g/mol. The molecule has 0 spiro atoms. The standard InChI is InChI=1S/C17H28N2/c1-14(2)18-11-15-7-5-6-8-16(15)12-19-10-9-17(3,4)13-19/h5-8,14,18H,9-13H2,1-4H3. The summed E-state index contributed by atoms with van der Waals surface area (Å²) in [6.07, 6.45) is 1.32. The van der Waals surface area contributed by atoms with Gasteiger partial charge in [0.25, 0.3) is 0 Å². The van der Waals surface area contributed by atoms with Crippen LogP contribution in [0.25, 0.3) is 0 Å². The van der Waals surface area contributed by atoms with Crippen LogP contribution in [0.4, 0.5) is 0 Å². The highest BCUT2D eigenvalue weighted by Crippen LogP contribution is 2.30. The highest BCUT2D eigenvalue weighted by molar-refractivity contribution is 5.27. The normalized spacial score (nSPS) is 19.2. The molecule has 0 bridgehead atoms. The molecule has 1 aromatic rings. The van der Waals surface area contributed by atoms with Crippen LogP contribution in [0.3, 0.4) is 0 Å². The Bertz CT molecular complexity index is 409. The molecule has 2 nitrogen and oxygen atoms in total. The van der Waals surface area contributed by atoms with Crippen LogP contribution in [0.1, 0.15) is 45.2 Å². The maximum Gasteiger partial charge on any atom is 0.0237 e. The van der Waals surface area contributed by atoms with Crippen LogP contribution >= 0.6 is 0 Å². The SMILES string of the molecule is CC(C)NCc1ccccc1CN1CCC(C)(C)C1. The molecule has 2 heteroatoms. The Morgan fingerprint density at radius 1 is 1.21 bits per heavy atom. The average Bonchev–Trinajstić information content (AvgIpc) is 2.67. The minimum absolute atomic E-state index is 0.491. The fraction of sp³-hybridized carbons (Fsp3) is 0.647. The van der Waals surface area contributed by atoms with Crippen LogP contribution < -0.4 is 5.32 Å². The third-order valence-corrected chi connectivity index (χ3v) is 3.97. The largest absolute Gasteiger partial charge is 0.310 e. The highest BCUT2D eigenvalue weighted by atomic mass is 15.1. The van der Waals surface area contributed by atoms with Crippen molar-refractivity contribution in [2.75, 3.05) is 13.1 Å². The Balaban J connectivity index is 2.00. The number of rotatable bonds is 5. The first-order valence-electron chi connectivity index (χ1n) is 7.49. The molecule has 1 aliphatic heterocycles. The quantitative estimate of drug-likeness (QED) is 0.872. The molecule has 0 aliphatic carbocycles. The van der Waals surface area contributed by atoms with E-state index in [1.54, 1.807) is 0 Å². The van der Waals surface area contributed by atoms with Crippen molar-refractivity contribution in [3.8, 4) is 0 Å². The fourth-order valence-electron chi connectivity index (χ4n) is 2.80. The van der Waals surface area contributed by atoms with Gasteiger partial charge in [-0.05, 0) is 29.5 Å². The van der Waals surface area contributed by atoms with Crippen LogP contribution in [-0.4, -0.2) is 24.0 Å². The van der Waals surface area contributed by atoms with E-state index in [-0.39, 0.29) is 0 Å². The summed E-state index contributed by atoms with van der Waals surface area (Å²) in [5.41, 5.74) is 3.42. The molecule has 2 rings (SSSR count). The molecule has 0 saturated carbocycles. The maximum atomic E-state index is 3.52. The van der Waals surface area contributed by atoms with E-state index < -0.39 is 0 Å². The van der Waals surface area contributed by atoms with Gasteiger partial charge in [-0.2, -0.15) is 0 Å². The van der Waals surface area contributed by atoms with E-state index in [0.717, 1.165) is 13.1 Å². The molecule has 1 heterocycles. The molecule has 0 unspecified atom stereocenters. The van der Waals surface area contributed by atoms with E-state index in [1.165, 1.54) is 30.6 Å². The predicted octanol–water partition coefficient (Wildman–Crippen LogP) is 3.42. The minimum atomic E-state index is 0.491. The van der Waals surface area contributed by atoms with E-state index in [4.69, 9.17) is 0 Å². The van der Waals surface area contributed by atoms with Crippen LogP contribution in [-0.2, 0) is 13.1 Å². The molecule has 0 aromatic heterocycles. The lowest BCUT2D eigenvalue weighted by Gasteiger charge is -2.21. The van der Waals surface area contributed by atoms with Crippen molar-refractivity contribution < 1.29 is 0 Å². The van der Waals surface area contributed by atoms with E-state index in [0.29, 0.717) is 11.5 Å². The van der Waals surface area contributed by atoms with Gasteiger partial charge in [0.1, 0.15) is 0 Å². The first-order valence-corrected chi connectivity index (χ1v) is 7.49. The topological polar surface area (TPSA) is 15.3 Å². The number of nitrogens with zero attached hydrogens (tertiary/aromatic N) is 1. The summed E-state index contributed by atoms with van der Waals surface area (Å²) < 4.78 is 0. The number of nitrogens with one attached hydrogen (secondary N) is 1. The van der Waals surface area contributed by atoms with Gasteiger partial charge in [-0.25, -0.2) is 0 Å². The Morgan fingerprint density at radius 2 is 1.89 bits per heavy atom. The fourth-order valence-corrected chi connectivity index (χ4v) is 2.80. The van der Waals surface area contributed by atoms with Gasteiger partial charge in [-0.3, -0.25) is 4.90 Å². The lowest BCUT2D eigenvalue weighted by atomic mass is 9.93. The zero-order valence-corrected chi connectivity index (χ0v) is 12.9. The molecule has 0 atom stereocenters. The third-order valence-electron chi connectivity index (χ3n) is 3.97. The van der Waals surface area contributed by atoms with E-state index in [1.807, 2.05) is 0 Å². The zero-order chi connectivity index (χ0) is 13.9. The van der Waals surface area contributed by atoms with Gasteiger partial charge in [0.05, 0.1) is 0 Å². The van der Waals surface area contributed by atoms with Gasteiger partial charge in [0.2, 0.25) is 0 Å². The average molecular weight is 260 g/mol. The second-order valence-corrected chi connectivity index (χ2v) is 6.93. The number of likely N-dealkylation sites (tertiary alicyclic amines) is 1. The van der Waals surface area contributed by atoms with Crippen molar-refractivity contribution >= 4 is 0 Å². The smallest absolute Gasteiger partial charge is 0.0237 e. The maximum absolute atomic E-state index is 3.52. The van der Waals surface area contributed by atoms with E-state index in [2.05, 4.69) is 62.2 Å². The molecule has 1 N–H and O–H groups in total. The van der Waals surface area contributed by atoms with Gasteiger partial charge >= 0.3 is 0 Å². The minimum Gasteiger partial charge on any atom is -0.310 e. The molecular formula is C17H28N2. The van der Waals surface area contributed by atoms with Crippen molar-refractivity contribution in [3.63, 3.8) is 0 Å². The second kappa shape index (κ2) is 6.06. The van der Waals surface area contributed by atoms with Crippen molar-refractivity contribution in [1.82, 2.24) is 10.2 Å². The van der Waals surface area contributed by atoms with Crippen LogP contribution in [0, 0.1) is 5.41 Å². The molecular weight excluding hydrogens is 232 g/mol. The predicted molar refractivity (Wildman–Crippen MR) is 82.1 cm³/mol. The van der Waals surface area contributed by atoms with Gasteiger partial charge in [-0.15, -0.1) is 0 Å². The second-order valence-electron chi connectivity index (χ2n) is 6.93. The molecule has 0 radical (unpaired) electrons. The first-order chi connectivity index (χ1) is 8.96. The van der Waals surface area contributed by atoms with Crippen molar-refractivity contribution in [3.05, 3.63) is 35.4 Å². The summed E-state index contributed by atoms with van der Waals surface area (Å²) in [6, 6.07) is 9.39. The first kappa shape index (κ1) is 14.5. The Morgan fingerprint density at radius 3 is 2.47 bits per heavy atom. The van der Waals surface area contributed by atoms with Crippen LogP contribution in [0.2, 0.25) is 0 Å².